The van der Waals surface area contributed by atoms with Gasteiger partial charge in [-0.2, -0.15) is 0 Å². The Hall–Kier alpha value is -1.88. The Bertz CT molecular complexity index is 553. The predicted octanol–water partition coefficient (Wildman–Crippen LogP) is 1.23. The first-order valence-electron chi connectivity index (χ1n) is 7.68. The SMILES string of the molecule is Cc1ccccc1CN(C)C(=O)C(NC(=O)C1CC1)C(C)O. The Morgan fingerprint density at radius 1 is 1.36 bits per heavy atom. The molecule has 2 rings (SSSR count). The van der Waals surface area contributed by atoms with Crippen molar-refractivity contribution < 1.29 is 14.7 Å². The van der Waals surface area contributed by atoms with Crippen molar-refractivity contribution in [2.75, 3.05) is 7.05 Å². The fourth-order valence-corrected chi connectivity index (χ4v) is 2.36. The van der Waals surface area contributed by atoms with Crippen molar-refractivity contribution in [2.45, 2.75) is 45.4 Å². The molecule has 5 nitrogen and oxygen atoms in total. The van der Waals surface area contributed by atoms with E-state index in [0.29, 0.717) is 6.54 Å². The molecule has 0 saturated heterocycles. The van der Waals surface area contributed by atoms with E-state index in [-0.39, 0.29) is 17.7 Å². The molecule has 2 N–H and O–H groups in total. The number of amides is 2. The number of likely N-dealkylation sites (N-methyl/N-ethyl adjacent to an activating group) is 1. The lowest BCUT2D eigenvalue weighted by molar-refractivity contribution is -0.139. The summed E-state index contributed by atoms with van der Waals surface area (Å²) in [5, 5.41) is 12.5. The van der Waals surface area contributed by atoms with Crippen LogP contribution in [0, 0.1) is 12.8 Å². The summed E-state index contributed by atoms with van der Waals surface area (Å²) in [5.41, 5.74) is 2.16. The number of rotatable bonds is 6. The first-order chi connectivity index (χ1) is 10.4. The van der Waals surface area contributed by atoms with Gasteiger partial charge in [-0.3, -0.25) is 9.59 Å². The molecule has 0 bridgehead atoms. The van der Waals surface area contributed by atoms with E-state index >= 15 is 0 Å². The molecule has 5 heteroatoms. The highest BCUT2D eigenvalue weighted by Crippen LogP contribution is 2.29. The van der Waals surface area contributed by atoms with Crippen LogP contribution in [0.3, 0.4) is 0 Å². The first kappa shape index (κ1) is 16.5. The number of nitrogens with one attached hydrogen (secondary N) is 1. The van der Waals surface area contributed by atoms with Gasteiger partial charge < -0.3 is 15.3 Å². The number of carbonyl (C=O) groups is 2. The summed E-state index contributed by atoms with van der Waals surface area (Å²) in [6.07, 6.45) is 0.812. The zero-order valence-corrected chi connectivity index (χ0v) is 13.4. The molecular weight excluding hydrogens is 280 g/mol. The summed E-state index contributed by atoms with van der Waals surface area (Å²) >= 11 is 0. The second-order valence-electron chi connectivity index (χ2n) is 6.12. The van der Waals surface area contributed by atoms with Crippen molar-refractivity contribution in [3.8, 4) is 0 Å². The number of benzene rings is 1. The van der Waals surface area contributed by atoms with Gasteiger partial charge in [0, 0.05) is 19.5 Å². The fraction of sp³-hybridized carbons (Fsp3) is 0.529. The summed E-state index contributed by atoms with van der Waals surface area (Å²) in [4.78, 5) is 25.9. The molecule has 1 aliphatic carbocycles. The third-order valence-corrected chi connectivity index (χ3v) is 4.04. The summed E-state index contributed by atoms with van der Waals surface area (Å²) in [5.74, 6) is -0.397. The molecule has 2 amide bonds. The van der Waals surface area contributed by atoms with Crippen LogP contribution in [0.15, 0.2) is 24.3 Å². The Labute approximate surface area is 131 Å². The van der Waals surface area contributed by atoms with E-state index in [1.165, 1.54) is 6.92 Å². The van der Waals surface area contributed by atoms with Gasteiger partial charge in [-0.15, -0.1) is 0 Å². The van der Waals surface area contributed by atoms with E-state index in [0.717, 1.165) is 24.0 Å². The van der Waals surface area contributed by atoms with Crippen molar-refractivity contribution in [1.82, 2.24) is 10.2 Å². The van der Waals surface area contributed by atoms with Gasteiger partial charge in [-0.25, -0.2) is 0 Å². The lowest BCUT2D eigenvalue weighted by atomic mass is 10.1. The number of aliphatic hydroxyl groups excluding tert-OH is 1. The number of aryl methyl sites for hydroxylation is 1. The number of aliphatic hydroxyl groups is 1. The van der Waals surface area contributed by atoms with E-state index in [9.17, 15) is 14.7 Å². The Morgan fingerprint density at radius 2 is 2.00 bits per heavy atom. The van der Waals surface area contributed by atoms with Crippen LogP contribution in [0.1, 0.15) is 30.9 Å². The van der Waals surface area contributed by atoms with Gasteiger partial charge in [-0.1, -0.05) is 24.3 Å². The summed E-state index contributed by atoms with van der Waals surface area (Å²) in [6.45, 7) is 3.97. The number of hydrogen-bond donors (Lipinski definition) is 2. The average molecular weight is 304 g/mol. The molecule has 1 fully saturated rings. The topological polar surface area (TPSA) is 69.6 Å². The van der Waals surface area contributed by atoms with Gasteiger partial charge in [-0.05, 0) is 37.8 Å². The number of carbonyl (C=O) groups excluding carboxylic acids is 2. The first-order valence-corrected chi connectivity index (χ1v) is 7.68. The minimum absolute atomic E-state index is 0.00993. The lowest BCUT2D eigenvalue weighted by Crippen LogP contribution is -2.53. The van der Waals surface area contributed by atoms with Crippen LogP contribution in [-0.4, -0.2) is 41.0 Å². The van der Waals surface area contributed by atoms with Crippen molar-refractivity contribution >= 4 is 11.8 Å². The second-order valence-corrected chi connectivity index (χ2v) is 6.12. The van der Waals surface area contributed by atoms with Crippen molar-refractivity contribution in [3.05, 3.63) is 35.4 Å². The highest BCUT2D eigenvalue weighted by molar-refractivity contribution is 5.89. The predicted molar refractivity (Wildman–Crippen MR) is 84.0 cm³/mol. The maximum absolute atomic E-state index is 12.5. The van der Waals surface area contributed by atoms with Crippen LogP contribution in [0.2, 0.25) is 0 Å². The molecule has 0 spiro atoms. The maximum atomic E-state index is 12.5. The molecule has 0 aromatic heterocycles. The van der Waals surface area contributed by atoms with Crippen LogP contribution >= 0.6 is 0 Å². The van der Waals surface area contributed by atoms with Gasteiger partial charge >= 0.3 is 0 Å². The van der Waals surface area contributed by atoms with Crippen LogP contribution in [-0.2, 0) is 16.1 Å². The average Bonchev–Trinajstić information content (AvgIpc) is 3.30. The van der Waals surface area contributed by atoms with E-state index in [4.69, 9.17) is 0 Å². The Balaban J connectivity index is 2.02. The smallest absolute Gasteiger partial charge is 0.247 e. The molecule has 0 heterocycles. The van der Waals surface area contributed by atoms with Gasteiger partial charge in [0.2, 0.25) is 11.8 Å². The second kappa shape index (κ2) is 6.92. The van der Waals surface area contributed by atoms with Gasteiger partial charge in [0.1, 0.15) is 6.04 Å². The number of hydrogen-bond acceptors (Lipinski definition) is 3. The highest BCUT2D eigenvalue weighted by atomic mass is 16.3. The maximum Gasteiger partial charge on any atom is 0.247 e. The molecule has 2 unspecified atom stereocenters. The van der Waals surface area contributed by atoms with Crippen LogP contribution in [0.25, 0.3) is 0 Å². The van der Waals surface area contributed by atoms with E-state index in [1.807, 2.05) is 31.2 Å². The standard InChI is InChI=1S/C17H24N2O3/c1-11-6-4-5-7-14(11)10-19(3)17(22)15(12(2)20)18-16(21)13-8-9-13/h4-7,12-13,15,20H,8-10H2,1-3H3,(H,18,21). The monoisotopic (exact) mass is 304 g/mol. The van der Waals surface area contributed by atoms with Crippen molar-refractivity contribution in [3.63, 3.8) is 0 Å². The molecule has 22 heavy (non-hydrogen) atoms. The van der Waals surface area contributed by atoms with E-state index in [1.54, 1.807) is 11.9 Å². The fourth-order valence-electron chi connectivity index (χ4n) is 2.36. The van der Waals surface area contributed by atoms with Gasteiger partial charge in [0.05, 0.1) is 6.10 Å². The minimum Gasteiger partial charge on any atom is -0.391 e. The van der Waals surface area contributed by atoms with Crippen LogP contribution in [0.5, 0.6) is 0 Å². The highest BCUT2D eigenvalue weighted by Gasteiger charge is 2.35. The summed E-state index contributed by atoms with van der Waals surface area (Å²) in [7, 11) is 1.69. The summed E-state index contributed by atoms with van der Waals surface area (Å²) in [6, 6.07) is 6.96. The molecule has 1 aromatic carbocycles. The Morgan fingerprint density at radius 3 is 2.55 bits per heavy atom. The van der Waals surface area contributed by atoms with E-state index in [2.05, 4.69) is 5.32 Å². The van der Waals surface area contributed by atoms with Crippen molar-refractivity contribution in [1.29, 1.82) is 0 Å². The van der Waals surface area contributed by atoms with Crippen LogP contribution < -0.4 is 5.32 Å². The minimum atomic E-state index is -0.922. The van der Waals surface area contributed by atoms with Gasteiger partial charge in [0.25, 0.3) is 0 Å². The zero-order chi connectivity index (χ0) is 16.3. The molecule has 1 aromatic rings. The molecule has 1 saturated carbocycles. The van der Waals surface area contributed by atoms with Gasteiger partial charge in [0.15, 0.2) is 0 Å². The molecule has 1 aliphatic rings. The normalized spacial score (nSPS) is 16.7. The quantitative estimate of drug-likeness (QED) is 0.830. The van der Waals surface area contributed by atoms with Crippen LogP contribution in [0.4, 0.5) is 0 Å². The Kier molecular flexibility index (Phi) is 5.19. The third kappa shape index (κ3) is 4.07. The summed E-state index contributed by atoms with van der Waals surface area (Å²) < 4.78 is 0. The van der Waals surface area contributed by atoms with Crippen molar-refractivity contribution in [2.24, 2.45) is 5.92 Å². The molecule has 2 atom stereocenters. The number of nitrogens with zero attached hydrogens (tertiary/aromatic N) is 1. The molecular formula is C17H24N2O3. The largest absolute Gasteiger partial charge is 0.391 e. The molecule has 0 aliphatic heterocycles. The zero-order valence-electron chi connectivity index (χ0n) is 13.4. The van der Waals surface area contributed by atoms with E-state index < -0.39 is 12.1 Å². The molecule has 0 radical (unpaired) electrons. The molecule has 120 valence electrons. The lowest BCUT2D eigenvalue weighted by Gasteiger charge is -2.27. The third-order valence-electron chi connectivity index (χ3n) is 4.04.